The van der Waals surface area contributed by atoms with Crippen LogP contribution in [0.2, 0.25) is 0 Å². The first-order valence-corrected chi connectivity index (χ1v) is 11.9. The molecule has 2 aromatic carbocycles. The van der Waals surface area contributed by atoms with E-state index in [9.17, 15) is 4.79 Å². The summed E-state index contributed by atoms with van der Waals surface area (Å²) < 4.78 is 18.9. The largest absolute Gasteiger partial charge is 0.490 e. The lowest BCUT2D eigenvalue weighted by Crippen LogP contribution is -2.03. The number of ether oxygens (including phenoxy) is 3. The van der Waals surface area contributed by atoms with Crippen molar-refractivity contribution in [2.45, 2.75) is 13.5 Å². The predicted octanol–water partition coefficient (Wildman–Crippen LogP) is 6.60. The molecule has 2 heterocycles. The van der Waals surface area contributed by atoms with E-state index in [0.717, 1.165) is 20.5 Å². The SMILES string of the molecule is CCOc1cc(/C=C2/N=C(c3cccs3)OC2=O)cc(Br)c1OCc1ccccc1Br. The van der Waals surface area contributed by atoms with Crippen LogP contribution in [0.1, 0.15) is 22.9 Å². The van der Waals surface area contributed by atoms with Crippen molar-refractivity contribution in [3.63, 3.8) is 0 Å². The second-order valence-electron chi connectivity index (χ2n) is 6.46. The Balaban J connectivity index is 1.62. The fourth-order valence-corrected chi connectivity index (χ4v) is 4.53. The number of thiophene rings is 1. The Morgan fingerprint density at radius 1 is 1.10 bits per heavy atom. The molecule has 3 aromatic rings. The molecule has 0 saturated heterocycles. The molecule has 1 aliphatic rings. The average molecular weight is 563 g/mol. The van der Waals surface area contributed by atoms with E-state index in [1.54, 1.807) is 6.08 Å². The van der Waals surface area contributed by atoms with Crippen LogP contribution in [0.3, 0.4) is 0 Å². The lowest BCUT2D eigenvalue weighted by atomic mass is 10.1. The van der Waals surface area contributed by atoms with Gasteiger partial charge in [-0.25, -0.2) is 9.79 Å². The van der Waals surface area contributed by atoms with Crippen molar-refractivity contribution < 1.29 is 19.0 Å². The van der Waals surface area contributed by atoms with E-state index >= 15 is 0 Å². The first kappa shape index (κ1) is 21.8. The minimum atomic E-state index is -0.480. The number of benzene rings is 2. The van der Waals surface area contributed by atoms with Gasteiger partial charge in [-0.05, 0) is 64.1 Å². The number of halogens is 2. The highest BCUT2D eigenvalue weighted by Gasteiger charge is 2.25. The zero-order valence-corrected chi connectivity index (χ0v) is 20.4. The number of aliphatic imine (C=N–C) groups is 1. The Labute approximate surface area is 200 Å². The number of nitrogens with zero attached hydrogens (tertiary/aromatic N) is 1. The van der Waals surface area contributed by atoms with E-state index < -0.39 is 5.97 Å². The molecule has 0 radical (unpaired) electrons. The molecule has 0 unspecified atom stereocenters. The highest BCUT2D eigenvalue weighted by Crippen LogP contribution is 2.38. The predicted molar refractivity (Wildman–Crippen MR) is 129 cm³/mol. The quantitative estimate of drug-likeness (QED) is 0.240. The summed E-state index contributed by atoms with van der Waals surface area (Å²) in [7, 11) is 0. The molecule has 0 atom stereocenters. The number of hydrogen-bond acceptors (Lipinski definition) is 6. The Kier molecular flexibility index (Phi) is 6.89. The number of carbonyl (C=O) groups is 1. The van der Waals surface area contributed by atoms with Crippen LogP contribution in [0.25, 0.3) is 6.08 Å². The third-order valence-corrected chi connectivity index (χ3v) is 6.54. The Morgan fingerprint density at radius 2 is 1.94 bits per heavy atom. The van der Waals surface area contributed by atoms with Gasteiger partial charge >= 0.3 is 5.97 Å². The van der Waals surface area contributed by atoms with Gasteiger partial charge in [-0.15, -0.1) is 11.3 Å². The van der Waals surface area contributed by atoms with E-state index in [1.165, 1.54) is 11.3 Å². The summed E-state index contributed by atoms with van der Waals surface area (Å²) in [4.78, 5) is 17.4. The number of carbonyl (C=O) groups excluding carboxylic acids is 1. The molecular formula is C23H17Br2NO4S. The molecule has 0 N–H and O–H groups in total. The molecule has 1 aromatic heterocycles. The maximum absolute atomic E-state index is 12.3. The molecule has 0 bridgehead atoms. The first-order chi connectivity index (χ1) is 15.0. The van der Waals surface area contributed by atoms with Crippen LogP contribution in [0.15, 0.2) is 73.5 Å². The van der Waals surface area contributed by atoms with Gasteiger partial charge in [-0.1, -0.05) is 40.2 Å². The Morgan fingerprint density at radius 3 is 2.68 bits per heavy atom. The number of rotatable bonds is 7. The van der Waals surface area contributed by atoms with Crippen LogP contribution in [0.5, 0.6) is 11.5 Å². The third-order valence-electron chi connectivity index (χ3n) is 4.32. The molecule has 0 amide bonds. The maximum Gasteiger partial charge on any atom is 0.363 e. The molecule has 158 valence electrons. The van der Waals surface area contributed by atoms with Gasteiger partial charge in [0.05, 0.1) is 16.0 Å². The summed E-state index contributed by atoms with van der Waals surface area (Å²) in [5.74, 6) is 1.01. The van der Waals surface area contributed by atoms with Gasteiger partial charge in [-0.3, -0.25) is 0 Å². The molecule has 0 saturated carbocycles. The third kappa shape index (κ3) is 5.08. The van der Waals surface area contributed by atoms with Gasteiger partial charge in [0.2, 0.25) is 5.90 Å². The van der Waals surface area contributed by atoms with Crippen LogP contribution in [-0.4, -0.2) is 18.5 Å². The van der Waals surface area contributed by atoms with Crippen molar-refractivity contribution in [1.29, 1.82) is 0 Å². The summed E-state index contributed by atoms with van der Waals surface area (Å²) in [6, 6.07) is 15.3. The summed E-state index contributed by atoms with van der Waals surface area (Å²) in [6.45, 7) is 2.75. The normalized spacial score (nSPS) is 14.5. The fourth-order valence-electron chi connectivity index (χ4n) is 2.91. The standard InChI is InChI=1S/C23H17Br2NO4S/c1-2-28-19-12-14(11-18-23(27)30-22(26-18)20-8-5-9-31-20)10-17(25)21(19)29-13-15-6-3-4-7-16(15)24/h3-12H,2,13H2,1H3/b18-11+. The smallest absolute Gasteiger partial charge is 0.363 e. The lowest BCUT2D eigenvalue weighted by Gasteiger charge is -2.15. The maximum atomic E-state index is 12.3. The van der Waals surface area contributed by atoms with Crippen molar-refractivity contribution in [3.8, 4) is 11.5 Å². The van der Waals surface area contributed by atoms with E-state index in [-0.39, 0.29) is 5.70 Å². The summed E-state index contributed by atoms with van der Waals surface area (Å²) in [6.07, 6.45) is 1.67. The van der Waals surface area contributed by atoms with Crippen molar-refractivity contribution >= 4 is 61.1 Å². The van der Waals surface area contributed by atoms with Gasteiger partial charge in [0.15, 0.2) is 17.2 Å². The minimum Gasteiger partial charge on any atom is -0.490 e. The zero-order chi connectivity index (χ0) is 21.8. The topological polar surface area (TPSA) is 57.1 Å². The van der Waals surface area contributed by atoms with Gasteiger partial charge in [-0.2, -0.15) is 0 Å². The average Bonchev–Trinajstić information content (AvgIpc) is 3.39. The minimum absolute atomic E-state index is 0.236. The lowest BCUT2D eigenvalue weighted by molar-refractivity contribution is -0.129. The van der Waals surface area contributed by atoms with Gasteiger partial charge in [0.25, 0.3) is 0 Å². The Bertz CT molecular complexity index is 1170. The van der Waals surface area contributed by atoms with Crippen LogP contribution in [-0.2, 0) is 16.1 Å². The first-order valence-electron chi connectivity index (χ1n) is 9.44. The van der Waals surface area contributed by atoms with E-state index in [1.807, 2.05) is 60.8 Å². The zero-order valence-electron chi connectivity index (χ0n) is 16.4. The second kappa shape index (κ2) is 9.80. The fraction of sp³-hybridized carbons (Fsp3) is 0.130. The van der Waals surface area contributed by atoms with Crippen LogP contribution >= 0.6 is 43.2 Å². The van der Waals surface area contributed by atoms with Crippen LogP contribution < -0.4 is 9.47 Å². The second-order valence-corrected chi connectivity index (χ2v) is 9.11. The van der Waals surface area contributed by atoms with Crippen molar-refractivity contribution in [3.05, 3.63) is 84.6 Å². The number of esters is 1. The molecule has 1 aliphatic heterocycles. The molecule has 5 nitrogen and oxygen atoms in total. The number of hydrogen-bond donors (Lipinski definition) is 0. The molecule has 0 spiro atoms. The van der Waals surface area contributed by atoms with Gasteiger partial charge < -0.3 is 14.2 Å². The Hall–Kier alpha value is -2.42. The van der Waals surface area contributed by atoms with Crippen LogP contribution in [0, 0.1) is 0 Å². The molecule has 0 aliphatic carbocycles. The van der Waals surface area contributed by atoms with Gasteiger partial charge in [0.1, 0.15) is 6.61 Å². The van der Waals surface area contributed by atoms with E-state index in [4.69, 9.17) is 14.2 Å². The highest BCUT2D eigenvalue weighted by molar-refractivity contribution is 9.10. The molecular weight excluding hydrogens is 546 g/mol. The molecule has 4 rings (SSSR count). The summed E-state index contributed by atoms with van der Waals surface area (Å²) >= 11 is 8.57. The summed E-state index contributed by atoms with van der Waals surface area (Å²) in [5.41, 5.74) is 2.00. The van der Waals surface area contributed by atoms with Crippen LogP contribution in [0.4, 0.5) is 0 Å². The molecule has 31 heavy (non-hydrogen) atoms. The van der Waals surface area contributed by atoms with Crippen molar-refractivity contribution in [2.75, 3.05) is 6.61 Å². The molecule has 8 heteroatoms. The van der Waals surface area contributed by atoms with E-state index in [0.29, 0.717) is 35.1 Å². The van der Waals surface area contributed by atoms with E-state index in [2.05, 4.69) is 36.9 Å². The molecule has 0 fully saturated rings. The van der Waals surface area contributed by atoms with Crippen molar-refractivity contribution in [1.82, 2.24) is 0 Å². The highest BCUT2D eigenvalue weighted by atomic mass is 79.9. The number of cyclic esters (lactones) is 1. The van der Waals surface area contributed by atoms with Crippen molar-refractivity contribution in [2.24, 2.45) is 4.99 Å². The summed E-state index contributed by atoms with van der Waals surface area (Å²) in [5, 5.41) is 1.91. The monoisotopic (exact) mass is 561 g/mol. The van der Waals surface area contributed by atoms with Gasteiger partial charge in [0, 0.05) is 10.0 Å².